The molecule has 0 atom stereocenters. The van der Waals surface area contributed by atoms with Crippen LogP contribution in [0.4, 0.5) is 0 Å². The van der Waals surface area contributed by atoms with Gasteiger partial charge < -0.3 is 9.47 Å². The average molecular weight is 472 g/mol. The Morgan fingerprint density at radius 2 is 1.49 bits per heavy atom. The second-order valence-electron chi connectivity index (χ2n) is 7.62. The lowest BCUT2D eigenvalue weighted by atomic mass is 10.1. The van der Waals surface area contributed by atoms with Gasteiger partial charge in [0.2, 0.25) is 0 Å². The van der Waals surface area contributed by atoms with E-state index in [1.165, 1.54) is 31.4 Å². The van der Waals surface area contributed by atoms with Crippen LogP contribution in [0.5, 0.6) is 5.75 Å². The van der Waals surface area contributed by atoms with Crippen LogP contribution in [0.3, 0.4) is 0 Å². The maximum atomic E-state index is 12.6. The molecule has 0 radical (unpaired) electrons. The first kappa shape index (κ1) is 23.4. The number of carbonyl (C=O) groups is 5. The van der Waals surface area contributed by atoms with Gasteiger partial charge in [0.05, 0.1) is 30.3 Å². The van der Waals surface area contributed by atoms with Gasteiger partial charge in [0.25, 0.3) is 23.6 Å². The highest BCUT2D eigenvalue weighted by Crippen LogP contribution is 2.24. The summed E-state index contributed by atoms with van der Waals surface area (Å²) in [6.07, 6.45) is 0. The molecule has 1 N–H and O–H groups in total. The van der Waals surface area contributed by atoms with Gasteiger partial charge >= 0.3 is 5.97 Å². The molecule has 0 spiro atoms. The van der Waals surface area contributed by atoms with Gasteiger partial charge in [-0.2, -0.15) is 0 Å². The predicted molar refractivity (Wildman–Crippen MR) is 123 cm³/mol. The minimum Gasteiger partial charge on any atom is -0.497 e. The Kier molecular flexibility index (Phi) is 6.68. The molecule has 1 aliphatic rings. The molecule has 4 rings (SSSR count). The number of nitrogens with one attached hydrogen (secondary N) is 1. The van der Waals surface area contributed by atoms with E-state index in [-0.39, 0.29) is 17.7 Å². The van der Waals surface area contributed by atoms with E-state index in [4.69, 9.17) is 9.47 Å². The van der Waals surface area contributed by atoms with E-state index < -0.39 is 36.2 Å². The summed E-state index contributed by atoms with van der Waals surface area (Å²) in [6, 6.07) is 18.9. The van der Waals surface area contributed by atoms with Crippen molar-refractivity contribution in [2.45, 2.75) is 6.54 Å². The number of nitrogens with zero attached hydrogens (tertiary/aromatic N) is 1. The molecule has 3 aromatic carbocycles. The van der Waals surface area contributed by atoms with Crippen LogP contribution in [-0.2, 0) is 16.1 Å². The van der Waals surface area contributed by atoms with E-state index in [0.717, 1.165) is 4.90 Å². The molecule has 9 heteroatoms. The van der Waals surface area contributed by atoms with Crippen molar-refractivity contribution in [3.8, 4) is 5.75 Å². The SMILES string of the molecule is COc1ccc(C(=O)NC(=O)COC(=O)c2cccc(CN3C(=O)c4ccccc4C3=O)c2)cc1. The third kappa shape index (κ3) is 5.09. The van der Waals surface area contributed by atoms with Crippen LogP contribution in [0.1, 0.15) is 47.0 Å². The van der Waals surface area contributed by atoms with Crippen LogP contribution in [-0.4, -0.2) is 48.2 Å². The first-order valence-electron chi connectivity index (χ1n) is 10.6. The van der Waals surface area contributed by atoms with Gasteiger partial charge in [-0.15, -0.1) is 0 Å². The van der Waals surface area contributed by atoms with Crippen LogP contribution in [0.2, 0.25) is 0 Å². The summed E-state index contributed by atoms with van der Waals surface area (Å²) in [5.41, 5.74) is 1.58. The first-order valence-corrected chi connectivity index (χ1v) is 10.6. The molecule has 1 aliphatic heterocycles. The second-order valence-corrected chi connectivity index (χ2v) is 7.62. The summed E-state index contributed by atoms with van der Waals surface area (Å²) in [4.78, 5) is 62.8. The fourth-order valence-corrected chi connectivity index (χ4v) is 3.55. The van der Waals surface area contributed by atoms with Crippen LogP contribution < -0.4 is 10.1 Å². The number of hydrogen-bond donors (Lipinski definition) is 1. The van der Waals surface area contributed by atoms with Gasteiger partial charge in [-0.3, -0.25) is 29.4 Å². The van der Waals surface area contributed by atoms with Gasteiger partial charge in [0.1, 0.15) is 5.75 Å². The van der Waals surface area contributed by atoms with E-state index in [1.807, 2.05) is 0 Å². The summed E-state index contributed by atoms with van der Waals surface area (Å²) >= 11 is 0. The molecule has 3 aromatic rings. The monoisotopic (exact) mass is 472 g/mol. The molecule has 176 valence electrons. The smallest absolute Gasteiger partial charge is 0.338 e. The molecular weight excluding hydrogens is 452 g/mol. The molecule has 0 unspecified atom stereocenters. The standard InChI is InChI=1S/C26H20N2O7/c1-34-19-11-9-17(10-12-19)23(30)27-22(29)15-35-26(33)18-6-4-5-16(13-18)14-28-24(31)20-7-2-3-8-21(20)25(28)32/h2-13H,14-15H2,1H3,(H,27,29,30). The minimum absolute atomic E-state index is 0.0235. The number of ether oxygens (including phenoxy) is 2. The van der Waals surface area contributed by atoms with Gasteiger partial charge in [-0.05, 0) is 54.1 Å². The Bertz CT molecular complexity index is 1300. The predicted octanol–water partition coefficient (Wildman–Crippen LogP) is 2.60. The van der Waals surface area contributed by atoms with Crippen molar-refractivity contribution in [2.75, 3.05) is 13.7 Å². The van der Waals surface area contributed by atoms with E-state index in [1.54, 1.807) is 48.5 Å². The molecule has 0 bridgehead atoms. The Morgan fingerprint density at radius 1 is 0.829 bits per heavy atom. The average Bonchev–Trinajstić information content (AvgIpc) is 3.12. The summed E-state index contributed by atoms with van der Waals surface area (Å²) in [5, 5.41) is 2.14. The molecule has 4 amide bonds. The summed E-state index contributed by atoms with van der Waals surface area (Å²) in [5.74, 6) is -2.47. The molecule has 0 aromatic heterocycles. The van der Waals surface area contributed by atoms with Crippen molar-refractivity contribution >= 4 is 29.6 Å². The Hall–Kier alpha value is -4.79. The molecule has 9 nitrogen and oxygen atoms in total. The largest absolute Gasteiger partial charge is 0.497 e. The lowest BCUT2D eigenvalue weighted by Crippen LogP contribution is -2.34. The number of rotatable bonds is 7. The number of amides is 4. The van der Waals surface area contributed by atoms with E-state index in [0.29, 0.717) is 22.4 Å². The Labute approximate surface area is 200 Å². The molecule has 0 saturated heterocycles. The molecule has 0 aliphatic carbocycles. The van der Waals surface area contributed by atoms with E-state index >= 15 is 0 Å². The minimum atomic E-state index is -0.791. The van der Waals surface area contributed by atoms with E-state index in [2.05, 4.69) is 5.32 Å². The summed E-state index contributed by atoms with van der Waals surface area (Å²) < 4.78 is 10.0. The quantitative estimate of drug-likeness (QED) is 0.415. The third-order valence-corrected chi connectivity index (χ3v) is 5.32. The number of fused-ring (bicyclic) bond motifs is 1. The number of imide groups is 2. The number of esters is 1. The van der Waals surface area contributed by atoms with Crippen molar-refractivity contribution in [1.82, 2.24) is 10.2 Å². The number of hydrogen-bond acceptors (Lipinski definition) is 7. The fourth-order valence-electron chi connectivity index (χ4n) is 3.55. The molecule has 35 heavy (non-hydrogen) atoms. The number of carbonyl (C=O) groups excluding carboxylic acids is 5. The lowest BCUT2D eigenvalue weighted by molar-refractivity contribution is -0.123. The van der Waals surface area contributed by atoms with Crippen LogP contribution in [0.15, 0.2) is 72.8 Å². The topological polar surface area (TPSA) is 119 Å². The zero-order valence-corrected chi connectivity index (χ0v) is 18.6. The maximum Gasteiger partial charge on any atom is 0.338 e. The summed E-state index contributed by atoms with van der Waals surface area (Å²) in [6.45, 7) is -0.687. The van der Waals surface area contributed by atoms with Gasteiger partial charge in [-0.1, -0.05) is 24.3 Å². The van der Waals surface area contributed by atoms with Gasteiger partial charge in [0, 0.05) is 5.56 Å². The molecule has 0 saturated carbocycles. The lowest BCUT2D eigenvalue weighted by Gasteiger charge is -2.14. The highest BCUT2D eigenvalue weighted by molar-refractivity contribution is 6.21. The first-order chi connectivity index (χ1) is 16.9. The van der Waals surface area contributed by atoms with Crippen molar-refractivity contribution in [2.24, 2.45) is 0 Å². The van der Waals surface area contributed by atoms with E-state index in [9.17, 15) is 24.0 Å². The zero-order valence-electron chi connectivity index (χ0n) is 18.6. The van der Waals surface area contributed by atoms with Crippen molar-refractivity contribution in [3.05, 3.63) is 101 Å². The van der Waals surface area contributed by atoms with Gasteiger partial charge in [0.15, 0.2) is 6.61 Å². The van der Waals surface area contributed by atoms with Crippen molar-refractivity contribution in [3.63, 3.8) is 0 Å². The highest BCUT2D eigenvalue weighted by Gasteiger charge is 2.35. The van der Waals surface area contributed by atoms with Crippen LogP contribution in [0, 0.1) is 0 Å². The Morgan fingerprint density at radius 3 is 2.11 bits per heavy atom. The second kappa shape index (κ2) is 10.0. The molecular formula is C26H20N2O7. The Balaban J connectivity index is 1.33. The van der Waals surface area contributed by atoms with Crippen molar-refractivity contribution < 1.29 is 33.4 Å². The highest BCUT2D eigenvalue weighted by atomic mass is 16.5. The summed E-state index contributed by atoms with van der Waals surface area (Å²) in [7, 11) is 1.49. The number of benzene rings is 3. The third-order valence-electron chi connectivity index (χ3n) is 5.32. The fraction of sp³-hybridized carbons (Fsp3) is 0.115. The molecule has 1 heterocycles. The van der Waals surface area contributed by atoms with Crippen LogP contribution >= 0.6 is 0 Å². The van der Waals surface area contributed by atoms with Gasteiger partial charge in [-0.25, -0.2) is 4.79 Å². The van der Waals surface area contributed by atoms with Crippen LogP contribution in [0.25, 0.3) is 0 Å². The zero-order chi connectivity index (χ0) is 24.9. The number of methoxy groups -OCH3 is 1. The molecule has 0 fully saturated rings. The normalized spacial score (nSPS) is 12.2. The van der Waals surface area contributed by atoms with Crippen molar-refractivity contribution in [1.29, 1.82) is 0 Å². The maximum absolute atomic E-state index is 12.6.